The van der Waals surface area contributed by atoms with Crippen LogP contribution < -0.4 is 5.32 Å². The maximum atomic E-state index is 13.1. The summed E-state index contributed by atoms with van der Waals surface area (Å²) in [5, 5.41) is 2.96. The molecule has 1 N–H and O–H groups in total. The third-order valence-electron chi connectivity index (χ3n) is 5.13. The van der Waals surface area contributed by atoms with Gasteiger partial charge < -0.3 is 5.32 Å². The van der Waals surface area contributed by atoms with Crippen molar-refractivity contribution >= 4 is 31.9 Å². The molecule has 0 bridgehead atoms. The molecule has 0 radical (unpaired) electrons. The Kier molecular flexibility index (Phi) is 6.91. The first-order chi connectivity index (χ1) is 13.4. The minimum absolute atomic E-state index is 0.158. The molecule has 1 aliphatic rings. The van der Waals surface area contributed by atoms with Crippen molar-refractivity contribution in [2.45, 2.75) is 43.0 Å². The van der Waals surface area contributed by atoms with E-state index in [9.17, 15) is 13.2 Å². The Morgan fingerprint density at radius 3 is 2.50 bits per heavy atom. The second-order valence-electron chi connectivity index (χ2n) is 7.14. The lowest BCUT2D eigenvalue weighted by molar-refractivity contribution is -0.125. The number of carbonyl (C=O) groups is 1. The van der Waals surface area contributed by atoms with Gasteiger partial charge in [-0.2, -0.15) is 4.31 Å². The number of amides is 1. The fraction of sp³-hybridized carbons (Fsp3) is 0.381. The van der Waals surface area contributed by atoms with Gasteiger partial charge >= 0.3 is 0 Å². The van der Waals surface area contributed by atoms with Crippen molar-refractivity contribution in [3.8, 4) is 0 Å². The van der Waals surface area contributed by atoms with Gasteiger partial charge in [-0.3, -0.25) is 4.79 Å². The minimum atomic E-state index is -3.71. The molecule has 2 atom stereocenters. The number of nitrogens with zero attached hydrogens (tertiary/aromatic N) is 1. The second-order valence-corrected chi connectivity index (χ2v) is 9.94. The van der Waals surface area contributed by atoms with E-state index in [2.05, 4.69) is 21.2 Å². The standard InChI is InChI=1S/C21H25BrN2O3S/c1-16(17-7-3-2-4-8-17)15-23-21(25)20-9-5-6-14-24(20)28(26,27)19-12-10-18(22)11-13-19/h2-4,7-8,10-13,16,20H,5-6,9,14-15H2,1H3,(H,23,25)/t16-,20-/m0/s1. The Morgan fingerprint density at radius 1 is 1.14 bits per heavy atom. The third-order valence-corrected chi connectivity index (χ3v) is 7.58. The van der Waals surface area contributed by atoms with Crippen LogP contribution in [0.2, 0.25) is 0 Å². The molecule has 2 aromatic carbocycles. The highest BCUT2D eigenvalue weighted by Gasteiger charge is 2.37. The summed E-state index contributed by atoms with van der Waals surface area (Å²) in [6.45, 7) is 2.89. The summed E-state index contributed by atoms with van der Waals surface area (Å²) >= 11 is 3.32. The van der Waals surface area contributed by atoms with Gasteiger partial charge in [-0.05, 0) is 48.6 Å². The second kappa shape index (κ2) is 9.20. The highest BCUT2D eigenvalue weighted by atomic mass is 79.9. The fourth-order valence-electron chi connectivity index (χ4n) is 3.47. The summed E-state index contributed by atoms with van der Waals surface area (Å²) in [5.41, 5.74) is 1.14. The Balaban J connectivity index is 1.72. The van der Waals surface area contributed by atoms with E-state index in [1.807, 2.05) is 37.3 Å². The molecule has 7 heteroatoms. The monoisotopic (exact) mass is 464 g/mol. The molecule has 28 heavy (non-hydrogen) atoms. The summed E-state index contributed by atoms with van der Waals surface area (Å²) < 4.78 is 28.4. The van der Waals surface area contributed by atoms with Crippen molar-refractivity contribution in [2.75, 3.05) is 13.1 Å². The van der Waals surface area contributed by atoms with E-state index >= 15 is 0 Å². The van der Waals surface area contributed by atoms with Crippen molar-refractivity contribution < 1.29 is 13.2 Å². The highest BCUT2D eigenvalue weighted by molar-refractivity contribution is 9.10. The van der Waals surface area contributed by atoms with Crippen LogP contribution in [0.25, 0.3) is 0 Å². The molecule has 1 amide bonds. The van der Waals surface area contributed by atoms with Crippen molar-refractivity contribution in [2.24, 2.45) is 0 Å². The zero-order chi connectivity index (χ0) is 20.1. The van der Waals surface area contributed by atoms with Gasteiger partial charge in [0.25, 0.3) is 0 Å². The van der Waals surface area contributed by atoms with Gasteiger partial charge in [0.2, 0.25) is 15.9 Å². The molecule has 1 aliphatic heterocycles. The predicted molar refractivity (Wildman–Crippen MR) is 114 cm³/mol. The van der Waals surface area contributed by atoms with Crippen LogP contribution in [0, 0.1) is 0 Å². The Morgan fingerprint density at radius 2 is 1.82 bits per heavy atom. The van der Waals surface area contributed by atoms with Crippen LogP contribution in [0.3, 0.4) is 0 Å². The van der Waals surface area contributed by atoms with Crippen LogP contribution in [0.15, 0.2) is 64.0 Å². The topological polar surface area (TPSA) is 66.5 Å². The largest absolute Gasteiger partial charge is 0.354 e. The third kappa shape index (κ3) is 4.82. The van der Waals surface area contributed by atoms with Gasteiger partial charge in [-0.25, -0.2) is 8.42 Å². The molecule has 0 unspecified atom stereocenters. The number of rotatable bonds is 6. The van der Waals surface area contributed by atoms with E-state index in [0.717, 1.165) is 22.9 Å². The summed E-state index contributed by atoms with van der Waals surface area (Å²) in [6.07, 6.45) is 2.15. The summed E-state index contributed by atoms with van der Waals surface area (Å²) in [5.74, 6) is -0.0616. The van der Waals surface area contributed by atoms with Gasteiger partial charge in [0.1, 0.15) is 6.04 Å². The van der Waals surface area contributed by atoms with E-state index in [4.69, 9.17) is 0 Å². The SMILES string of the molecule is C[C@@H](CNC(=O)[C@@H]1CCCCN1S(=O)(=O)c1ccc(Br)cc1)c1ccccc1. The van der Waals surface area contributed by atoms with E-state index in [1.54, 1.807) is 24.3 Å². The highest BCUT2D eigenvalue weighted by Crippen LogP contribution is 2.26. The van der Waals surface area contributed by atoms with E-state index in [1.165, 1.54) is 4.31 Å². The first-order valence-corrected chi connectivity index (χ1v) is 11.7. The van der Waals surface area contributed by atoms with Crippen molar-refractivity contribution in [3.05, 3.63) is 64.6 Å². The Hall–Kier alpha value is -1.70. The number of piperidine rings is 1. The average Bonchev–Trinajstić information content (AvgIpc) is 2.72. The molecule has 1 heterocycles. The number of halogens is 1. The van der Waals surface area contributed by atoms with Crippen LogP contribution in [-0.4, -0.2) is 37.8 Å². The van der Waals surface area contributed by atoms with Gasteiger partial charge in [0.15, 0.2) is 0 Å². The van der Waals surface area contributed by atoms with Crippen LogP contribution in [-0.2, 0) is 14.8 Å². The fourth-order valence-corrected chi connectivity index (χ4v) is 5.39. The maximum absolute atomic E-state index is 13.1. The summed E-state index contributed by atoms with van der Waals surface area (Å²) in [6, 6.07) is 15.8. The van der Waals surface area contributed by atoms with Crippen molar-refractivity contribution in [3.63, 3.8) is 0 Å². The zero-order valence-corrected chi connectivity index (χ0v) is 18.2. The molecule has 0 aliphatic carbocycles. The Labute approximate surface area is 175 Å². The molecular weight excluding hydrogens is 440 g/mol. The normalized spacial score (nSPS) is 19.1. The summed E-state index contributed by atoms with van der Waals surface area (Å²) in [7, 11) is -3.71. The molecule has 1 saturated heterocycles. The van der Waals surface area contributed by atoms with E-state index in [-0.39, 0.29) is 16.7 Å². The van der Waals surface area contributed by atoms with Crippen LogP contribution in [0.5, 0.6) is 0 Å². The molecule has 150 valence electrons. The van der Waals surface area contributed by atoms with Crippen molar-refractivity contribution in [1.29, 1.82) is 0 Å². The molecule has 2 aromatic rings. The number of hydrogen-bond donors (Lipinski definition) is 1. The number of sulfonamides is 1. The summed E-state index contributed by atoms with van der Waals surface area (Å²) in [4.78, 5) is 13.1. The molecule has 1 fully saturated rings. The van der Waals surface area contributed by atoms with E-state index < -0.39 is 16.1 Å². The van der Waals surface area contributed by atoms with E-state index in [0.29, 0.717) is 19.5 Å². The number of carbonyl (C=O) groups excluding carboxylic acids is 1. The first kappa shape index (κ1) is 21.0. The quantitative estimate of drug-likeness (QED) is 0.704. The first-order valence-electron chi connectivity index (χ1n) is 9.49. The van der Waals surface area contributed by atoms with Crippen LogP contribution in [0.4, 0.5) is 0 Å². The lowest BCUT2D eigenvalue weighted by atomic mass is 10.0. The predicted octanol–water partition coefficient (Wildman–Crippen LogP) is 3.91. The van der Waals surface area contributed by atoms with Gasteiger partial charge in [0, 0.05) is 17.6 Å². The maximum Gasteiger partial charge on any atom is 0.243 e. The number of benzene rings is 2. The lowest BCUT2D eigenvalue weighted by Crippen LogP contribution is -2.52. The molecule has 3 rings (SSSR count). The lowest BCUT2D eigenvalue weighted by Gasteiger charge is -2.34. The average molecular weight is 465 g/mol. The molecule has 0 aromatic heterocycles. The molecule has 0 saturated carbocycles. The van der Waals surface area contributed by atoms with Gasteiger partial charge in [-0.1, -0.05) is 59.6 Å². The minimum Gasteiger partial charge on any atom is -0.354 e. The zero-order valence-electron chi connectivity index (χ0n) is 15.8. The van der Waals surface area contributed by atoms with Crippen molar-refractivity contribution in [1.82, 2.24) is 9.62 Å². The molecule has 5 nitrogen and oxygen atoms in total. The molecule has 0 spiro atoms. The van der Waals surface area contributed by atoms with Gasteiger partial charge in [-0.15, -0.1) is 0 Å². The molecular formula is C21H25BrN2O3S. The van der Waals surface area contributed by atoms with Crippen LogP contribution >= 0.6 is 15.9 Å². The number of hydrogen-bond acceptors (Lipinski definition) is 3. The van der Waals surface area contributed by atoms with Gasteiger partial charge in [0.05, 0.1) is 4.90 Å². The van der Waals surface area contributed by atoms with Crippen LogP contribution in [0.1, 0.15) is 37.7 Å². The smallest absolute Gasteiger partial charge is 0.243 e. The Bertz CT molecular complexity index is 901. The number of nitrogens with one attached hydrogen (secondary N) is 1.